The highest BCUT2D eigenvalue weighted by Gasteiger charge is 2.26. The van der Waals surface area contributed by atoms with E-state index in [0.29, 0.717) is 22.7 Å². The van der Waals surface area contributed by atoms with Crippen molar-refractivity contribution in [2.45, 2.75) is 11.6 Å². The summed E-state index contributed by atoms with van der Waals surface area (Å²) in [4.78, 5) is -0.804. The van der Waals surface area contributed by atoms with Crippen LogP contribution < -0.4 is 4.74 Å². The van der Waals surface area contributed by atoms with Crippen LogP contribution in [0.5, 0.6) is 5.75 Å². The van der Waals surface area contributed by atoms with Gasteiger partial charge in [0.05, 0.1) is 17.7 Å². The van der Waals surface area contributed by atoms with Gasteiger partial charge in [0, 0.05) is 17.4 Å². The molecule has 0 bridgehead atoms. The van der Waals surface area contributed by atoms with E-state index in [1.807, 2.05) is 0 Å². The maximum Gasteiger partial charge on any atom is 0.178 e. The molecule has 0 unspecified atom stereocenters. The molecule has 0 aliphatic carbocycles. The zero-order valence-electron chi connectivity index (χ0n) is 14.6. The van der Waals surface area contributed by atoms with Gasteiger partial charge in [-0.05, 0) is 24.3 Å². The Morgan fingerprint density at radius 2 is 1.89 bits per heavy atom. The molecule has 2 aromatic carbocycles. The second-order valence-corrected chi connectivity index (χ2v) is 8.24. The maximum atomic E-state index is 14.7. The van der Waals surface area contributed by atoms with E-state index in [9.17, 15) is 21.6 Å². The van der Waals surface area contributed by atoms with Crippen LogP contribution >= 0.6 is 11.6 Å². The highest BCUT2D eigenvalue weighted by molar-refractivity contribution is 7.90. The van der Waals surface area contributed by atoms with Gasteiger partial charge in [-0.3, -0.25) is 0 Å². The first-order chi connectivity index (χ1) is 13.2. The fourth-order valence-corrected chi connectivity index (χ4v) is 3.63. The van der Waals surface area contributed by atoms with Crippen LogP contribution in [-0.2, 0) is 16.5 Å². The molecule has 10 heteroatoms. The number of hydrogen-bond acceptors (Lipinski definition) is 5. The summed E-state index contributed by atoms with van der Waals surface area (Å²) >= 11 is 5.98. The molecule has 1 aromatic heterocycles. The van der Waals surface area contributed by atoms with Gasteiger partial charge in [0.2, 0.25) is 0 Å². The predicted molar refractivity (Wildman–Crippen MR) is 96.8 cm³/mol. The van der Waals surface area contributed by atoms with Gasteiger partial charge in [0.15, 0.2) is 22.3 Å². The van der Waals surface area contributed by atoms with Crippen molar-refractivity contribution in [2.24, 2.45) is 0 Å². The van der Waals surface area contributed by atoms with Crippen LogP contribution in [0.2, 0.25) is 5.02 Å². The first-order valence-electron chi connectivity index (χ1n) is 7.75. The van der Waals surface area contributed by atoms with Crippen LogP contribution in [0.3, 0.4) is 0 Å². The van der Waals surface area contributed by atoms with E-state index < -0.39 is 33.0 Å². The highest BCUT2D eigenvalue weighted by Crippen LogP contribution is 2.39. The minimum absolute atomic E-state index is 0.0213. The molecule has 0 N–H and O–H groups in total. The van der Waals surface area contributed by atoms with Gasteiger partial charge in [-0.1, -0.05) is 22.8 Å². The summed E-state index contributed by atoms with van der Waals surface area (Å²) in [6.07, 6.45) is 0.752. The first-order valence-corrected chi connectivity index (χ1v) is 10.0. The molecule has 0 fully saturated rings. The normalized spacial score (nSPS) is 11.6. The summed E-state index contributed by atoms with van der Waals surface area (Å²) in [5, 5.41) is 4.06. The number of sulfone groups is 1. The van der Waals surface area contributed by atoms with Crippen molar-refractivity contribution >= 4 is 21.4 Å². The zero-order valence-corrected chi connectivity index (χ0v) is 16.2. The van der Waals surface area contributed by atoms with Crippen molar-refractivity contribution < 1.29 is 30.8 Å². The molecular weight excluding hydrogens is 419 g/mol. The Labute approximate surface area is 163 Å². The molecule has 0 saturated heterocycles. The fraction of sp³-hybridized carbons (Fsp3) is 0.167. The number of rotatable bonds is 5. The molecule has 1 heterocycles. The van der Waals surface area contributed by atoms with Crippen LogP contribution in [0.25, 0.3) is 22.4 Å². The molecule has 0 amide bonds. The summed E-state index contributed by atoms with van der Waals surface area (Å²) in [6.45, 7) is -1.14. The van der Waals surface area contributed by atoms with Gasteiger partial charge in [-0.2, -0.15) is 0 Å². The van der Waals surface area contributed by atoms with Crippen LogP contribution in [0.1, 0.15) is 5.76 Å². The molecule has 148 valence electrons. The number of hydrogen-bond donors (Lipinski definition) is 0. The summed E-state index contributed by atoms with van der Waals surface area (Å²) in [5.41, 5.74) is -0.147. The number of nitrogens with zero attached hydrogens (tertiary/aromatic N) is 1. The number of ether oxygens (including phenoxy) is 1. The Morgan fingerprint density at radius 3 is 2.50 bits per heavy atom. The smallest absolute Gasteiger partial charge is 0.178 e. The standard InChI is InChI=1S/C18H13ClF3NO4S/c1-26-14-5-9(3-4-11(14)19)18-17(15(8-20)27-23-18)10-6-13(22)16(7-12(10)21)28(2,24)25/h3-7H,8H2,1-2H3. The number of benzene rings is 2. The fourth-order valence-electron chi connectivity index (χ4n) is 2.70. The molecule has 28 heavy (non-hydrogen) atoms. The molecule has 0 aliphatic heterocycles. The Hall–Kier alpha value is -2.52. The Kier molecular flexibility index (Phi) is 5.40. The molecule has 0 saturated carbocycles. The molecular formula is C18H13ClF3NO4S. The first kappa shape index (κ1) is 20.2. The lowest BCUT2D eigenvalue weighted by Gasteiger charge is -2.09. The number of alkyl halides is 1. The lowest BCUT2D eigenvalue weighted by Crippen LogP contribution is -2.03. The summed E-state index contributed by atoms with van der Waals surface area (Å²) < 4.78 is 75.7. The van der Waals surface area contributed by atoms with E-state index in [1.54, 1.807) is 0 Å². The third-order valence-corrected chi connectivity index (χ3v) is 5.42. The third-order valence-electron chi connectivity index (χ3n) is 4.00. The number of methoxy groups -OCH3 is 1. The van der Waals surface area contributed by atoms with E-state index in [0.717, 1.165) is 6.26 Å². The monoisotopic (exact) mass is 431 g/mol. The molecule has 0 atom stereocenters. The van der Waals surface area contributed by atoms with Crippen LogP contribution in [0, 0.1) is 11.6 Å². The van der Waals surface area contributed by atoms with Gasteiger partial charge in [0.1, 0.15) is 28.0 Å². The van der Waals surface area contributed by atoms with Crippen molar-refractivity contribution in [3.05, 3.63) is 52.7 Å². The number of halogens is 4. The molecule has 3 rings (SSSR count). The van der Waals surface area contributed by atoms with Gasteiger partial charge in [0.25, 0.3) is 0 Å². The second kappa shape index (κ2) is 7.48. The van der Waals surface area contributed by atoms with Crippen molar-refractivity contribution in [3.63, 3.8) is 0 Å². The molecule has 0 aliphatic rings. The van der Waals surface area contributed by atoms with Crippen molar-refractivity contribution in [3.8, 4) is 28.1 Å². The molecule has 5 nitrogen and oxygen atoms in total. The SMILES string of the molecule is COc1cc(-c2noc(CF)c2-c2cc(F)c(S(C)(=O)=O)cc2F)ccc1Cl. The molecule has 3 aromatic rings. The lowest BCUT2D eigenvalue weighted by atomic mass is 9.98. The number of aromatic nitrogens is 1. The Morgan fingerprint density at radius 1 is 1.18 bits per heavy atom. The average Bonchev–Trinajstić information content (AvgIpc) is 3.06. The lowest BCUT2D eigenvalue weighted by molar-refractivity contribution is 0.332. The van der Waals surface area contributed by atoms with E-state index in [1.165, 1.54) is 25.3 Å². The highest BCUT2D eigenvalue weighted by atomic mass is 35.5. The average molecular weight is 432 g/mol. The topological polar surface area (TPSA) is 69.4 Å². The van der Waals surface area contributed by atoms with Gasteiger partial charge in [-0.25, -0.2) is 21.6 Å². The Balaban J connectivity index is 2.27. The van der Waals surface area contributed by atoms with E-state index in [4.69, 9.17) is 20.9 Å². The van der Waals surface area contributed by atoms with Gasteiger partial charge < -0.3 is 9.26 Å². The summed E-state index contributed by atoms with van der Waals surface area (Å²) in [7, 11) is -2.60. The van der Waals surface area contributed by atoms with E-state index >= 15 is 0 Å². The van der Waals surface area contributed by atoms with E-state index in [2.05, 4.69) is 5.16 Å². The van der Waals surface area contributed by atoms with Crippen molar-refractivity contribution in [1.29, 1.82) is 0 Å². The van der Waals surface area contributed by atoms with E-state index in [-0.39, 0.29) is 28.3 Å². The van der Waals surface area contributed by atoms with Crippen molar-refractivity contribution in [2.75, 3.05) is 13.4 Å². The van der Waals surface area contributed by atoms with Gasteiger partial charge in [-0.15, -0.1) is 0 Å². The largest absolute Gasteiger partial charge is 0.495 e. The minimum Gasteiger partial charge on any atom is -0.495 e. The summed E-state index contributed by atoms with van der Waals surface area (Å²) in [5.74, 6) is -2.30. The predicted octanol–water partition coefficient (Wildman–Crippen LogP) is 4.82. The Bertz CT molecular complexity index is 1160. The molecule has 0 radical (unpaired) electrons. The third kappa shape index (κ3) is 3.59. The zero-order chi connectivity index (χ0) is 20.6. The maximum absolute atomic E-state index is 14.7. The summed E-state index contributed by atoms with van der Waals surface area (Å²) in [6, 6.07) is 5.71. The van der Waals surface area contributed by atoms with Crippen LogP contribution in [-0.4, -0.2) is 26.9 Å². The second-order valence-electron chi connectivity index (χ2n) is 5.85. The van der Waals surface area contributed by atoms with Crippen molar-refractivity contribution in [1.82, 2.24) is 5.16 Å². The van der Waals surface area contributed by atoms with Crippen LogP contribution in [0.15, 0.2) is 39.8 Å². The van der Waals surface area contributed by atoms with Crippen LogP contribution in [0.4, 0.5) is 13.2 Å². The molecule has 0 spiro atoms. The minimum atomic E-state index is -3.99. The van der Waals surface area contributed by atoms with Gasteiger partial charge >= 0.3 is 0 Å². The quantitative estimate of drug-likeness (QED) is 0.579.